The highest BCUT2D eigenvalue weighted by Crippen LogP contribution is 2.27. The Morgan fingerprint density at radius 2 is 2.19 bits per heavy atom. The molecule has 0 saturated heterocycles. The Bertz CT molecular complexity index is 809. The van der Waals surface area contributed by atoms with Crippen LogP contribution in [0.2, 0.25) is 5.02 Å². The Labute approximate surface area is 162 Å². The third-order valence-corrected chi connectivity index (χ3v) is 5.03. The third-order valence-electron chi connectivity index (χ3n) is 4.83. The molecule has 0 aromatic carbocycles. The number of carbonyl (C=O) groups is 2. The van der Waals surface area contributed by atoms with Crippen molar-refractivity contribution in [3.8, 4) is 0 Å². The Morgan fingerprint density at radius 1 is 1.37 bits per heavy atom. The summed E-state index contributed by atoms with van der Waals surface area (Å²) in [4.78, 5) is 29.0. The number of pyridine rings is 1. The number of aromatic nitrogens is 2. The van der Waals surface area contributed by atoms with E-state index in [9.17, 15) is 14.7 Å². The van der Waals surface area contributed by atoms with E-state index < -0.39 is 12.1 Å². The number of aliphatic hydroxyl groups is 1. The van der Waals surface area contributed by atoms with Gasteiger partial charge in [0.1, 0.15) is 5.69 Å². The molecule has 2 aromatic rings. The van der Waals surface area contributed by atoms with Crippen molar-refractivity contribution in [3.63, 3.8) is 0 Å². The van der Waals surface area contributed by atoms with Crippen LogP contribution in [0.4, 0.5) is 0 Å². The van der Waals surface area contributed by atoms with E-state index in [2.05, 4.69) is 15.6 Å². The molecule has 7 nitrogen and oxygen atoms in total. The second-order valence-electron chi connectivity index (χ2n) is 6.83. The molecular formula is C19H23ClN4O3. The predicted molar refractivity (Wildman–Crippen MR) is 101 cm³/mol. The summed E-state index contributed by atoms with van der Waals surface area (Å²) >= 11 is 5.90. The van der Waals surface area contributed by atoms with Gasteiger partial charge in [-0.05, 0) is 31.0 Å². The van der Waals surface area contributed by atoms with E-state index >= 15 is 0 Å². The van der Waals surface area contributed by atoms with Crippen LogP contribution in [0.25, 0.3) is 0 Å². The first kappa shape index (κ1) is 19.4. The first-order valence-corrected chi connectivity index (χ1v) is 9.30. The van der Waals surface area contributed by atoms with Gasteiger partial charge >= 0.3 is 0 Å². The van der Waals surface area contributed by atoms with Crippen molar-refractivity contribution in [2.24, 2.45) is 13.0 Å². The molecule has 3 atom stereocenters. The third kappa shape index (κ3) is 4.87. The molecule has 144 valence electrons. The molecule has 0 unspecified atom stereocenters. The molecule has 1 fully saturated rings. The second-order valence-corrected chi connectivity index (χ2v) is 7.27. The Hall–Kier alpha value is -2.38. The zero-order chi connectivity index (χ0) is 19.4. The van der Waals surface area contributed by atoms with Gasteiger partial charge in [0.2, 0.25) is 5.91 Å². The number of halogens is 1. The number of hydrogen-bond donors (Lipinski definition) is 3. The van der Waals surface area contributed by atoms with Gasteiger partial charge in [0.25, 0.3) is 5.91 Å². The van der Waals surface area contributed by atoms with E-state index in [1.807, 2.05) is 18.2 Å². The lowest BCUT2D eigenvalue weighted by atomic mass is 10.1. The monoisotopic (exact) mass is 390 g/mol. The largest absolute Gasteiger partial charge is 0.391 e. The minimum absolute atomic E-state index is 0.108. The van der Waals surface area contributed by atoms with Crippen LogP contribution in [0.3, 0.4) is 0 Å². The maximum absolute atomic E-state index is 12.4. The van der Waals surface area contributed by atoms with Gasteiger partial charge in [-0.1, -0.05) is 17.7 Å². The average Bonchev–Trinajstić information content (AvgIpc) is 3.17. The molecule has 8 heteroatoms. The van der Waals surface area contributed by atoms with E-state index in [4.69, 9.17) is 11.6 Å². The van der Waals surface area contributed by atoms with Crippen molar-refractivity contribution < 1.29 is 14.7 Å². The Balaban J connectivity index is 1.49. The maximum Gasteiger partial charge on any atom is 0.268 e. The molecule has 1 saturated carbocycles. The van der Waals surface area contributed by atoms with Crippen molar-refractivity contribution in [2.75, 3.05) is 6.54 Å². The summed E-state index contributed by atoms with van der Waals surface area (Å²) in [6.07, 6.45) is 3.98. The fraction of sp³-hybridized carbons (Fsp3) is 0.421. The maximum atomic E-state index is 12.4. The molecule has 2 aromatic heterocycles. The fourth-order valence-corrected chi connectivity index (χ4v) is 3.63. The van der Waals surface area contributed by atoms with Gasteiger partial charge in [-0.2, -0.15) is 0 Å². The summed E-state index contributed by atoms with van der Waals surface area (Å²) in [5.41, 5.74) is 1.33. The molecule has 0 radical (unpaired) electrons. The van der Waals surface area contributed by atoms with Crippen LogP contribution >= 0.6 is 11.6 Å². The Morgan fingerprint density at radius 3 is 2.85 bits per heavy atom. The number of rotatable bonds is 6. The first-order valence-electron chi connectivity index (χ1n) is 8.92. The second kappa shape index (κ2) is 8.54. The molecule has 1 aliphatic carbocycles. The number of carbonyl (C=O) groups excluding carboxylic acids is 2. The molecule has 0 bridgehead atoms. The molecular weight excluding hydrogens is 368 g/mol. The van der Waals surface area contributed by atoms with Gasteiger partial charge < -0.3 is 20.3 Å². The number of aliphatic hydroxyl groups excluding tert-OH is 1. The summed E-state index contributed by atoms with van der Waals surface area (Å²) in [5.74, 6) is -0.751. The van der Waals surface area contributed by atoms with Crippen LogP contribution in [-0.2, 0) is 18.3 Å². The Kier molecular flexibility index (Phi) is 6.13. The van der Waals surface area contributed by atoms with E-state index in [1.165, 1.54) is 0 Å². The number of nitrogens with one attached hydrogen (secondary N) is 2. The number of amides is 2. The van der Waals surface area contributed by atoms with E-state index in [-0.39, 0.29) is 17.7 Å². The lowest BCUT2D eigenvalue weighted by Crippen LogP contribution is -2.40. The molecule has 1 aliphatic rings. The molecule has 2 heterocycles. The van der Waals surface area contributed by atoms with Gasteiger partial charge in [0.15, 0.2) is 0 Å². The number of nitrogens with zero attached hydrogens (tertiary/aromatic N) is 2. The number of hydrogen-bond acceptors (Lipinski definition) is 4. The summed E-state index contributed by atoms with van der Waals surface area (Å²) in [6, 6.07) is 6.77. The van der Waals surface area contributed by atoms with E-state index in [0.717, 1.165) is 5.69 Å². The van der Waals surface area contributed by atoms with Crippen LogP contribution in [0.15, 0.2) is 36.7 Å². The zero-order valence-electron chi connectivity index (χ0n) is 15.1. The van der Waals surface area contributed by atoms with Crippen molar-refractivity contribution in [3.05, 3.63) is 53.1 Å². The minimum Gasteiger partial charge on any atom is -0.391 e. The quantitative estimate of drug-likeness (QED) is 0.692. The molecule has 27 heavy (non-hydrogen) atoms. The molecule has 0 aliphatic heterocycles. The van der Waals surface area contributed by atoms with E-state index in [1.54, 1.807) is 30.1 Å². The average molecular weight is 391 g/mol. The lowest BCUT2D eigenvalue weighted by molar-refractivity contribution is -0.125. The SMILES string of the molecule is Cn1cc(Cl)cc1C(=O)N[C@@H]1C[C@H](C(=O)NCCc2ccccn2)C[C@H]1O. The van der Waals surface area contributed by atoms with Crippen molar-refractivity contribution in [1.29, 1.82) is 0 Å². The van der Waals surface area contributed by atoms with Gasteiger partial charge in [-0.25, -0.2) is 0 Å². The van der Waals surface area contributed by atoms with Crippen LogP contribution in [-0.4, -0.2) is 45.2 Å². The summed E-state index contributed by atoms with van der Waals surface area (Å²) in [5, 5.41) is 16.4. The smallest absolute Gasteiger partial charge is 0.268 e. The van der Waals surface area contributed by atoms with Gasteiger partial charge in [0, 0.05) is 44.0 Å². The van der Waals surface area contributed by atoms with Gasteiger partial charge in [-0.15, -0.1) is 0 Å². The topological polar surface area (TPSA) is 96.3 Å². The summed E-state index contributed by atoms with van der Waals surface area (Å²) in [6.45, 7) is 0.487. The van der Waals surface area contributed by atoms with Crippen LogP contribution in [0, 0.1) is 5.92 Å². The van der Waals surface area contributed by atoms with Crippen LogP contribution in [0.5, 0.6) is 0 Å². The van der Waals surface area contributed by atoms with Crippen molar-refractivity contribution in [1.82, 2.24) is 20.2 Å². The fourth-order valence-electron chi connectivity index (χ4n) is 3.38. The summed E-state index contributed by atoms with van der Waals surface area (Å²) < 4.78 is 1.63. The van der Waals surface area contributed by atoms with Gasteiger partial charge in [-0.3, -0.25) is 14.6 Å². The van der Waals surface area contributed by atoms with Gasteiger partial charge in [0.05, 0.1) is 17.2 Å². The molecule has 3 rings (SSSR count). The highest BCUT2D eigenvalue weighted by molar-refractivity contribution is 6.31. The van der Waals surface area contributed by atoms with Crippen LogP contribution < -0.4 is 10.6 Å². The van der Waals surface area contributed by atoms with Crippen molar-refractivity contribution >= 4 is 23.4 Å². The minimum atomic E-state index is -0.753. The molecule has 2 amide bonds. The predicted octanol–water partition coefficient (Wildman–Crippen LogP) is 1.30. The molecule has 0 spiro atoms. The number of aryl methyl sites for hydroxylation is 1. The molecule has 3 N–H and O–H groups in total. The zero-order valence-corrected chi connectivity index (χ0v) is 15.8. The highest BCUT2D eigenvalue weighted by Gasteiger charge is 2.37. The van der Waals surface area contributed by atoms with E-state index in [0.29, 0.717) is 36.5 Å². The standard InChI is InChI=1S/C19H23ClN4O3/c1-24-11-13(20)10-16(24)19(27)23-15-8-12(9-17(15)25)18(26)22-7-5-14-4-2-3-6-21-14/h2-4,6,10-12,15,17,25H,5,7-9H2,1H3,(H,22,26)(H,23,27)/t12-,15+,17+/m0/s1. The normalized spacial score (nSPS) is 21.8. The van der Waals surface area contributed by atoms with Crippen LogP contribution in [0.1, 0.15) is 29.0 Å². The first-order chi connectivity index (χ1) is 12.9. The summed E-state index contributed by atoms with van der Waals surface area (Å²) in [7, 11) is 1.73. The lowest BCUT2D eigenvalue weighted by Gasteiger charge is -2.16. The highest BCUT2D eigenvalue weighted by atomic mass is 35.5. The van der Waals surface area contributed by atoms with Crippen molar-refractivity contribution in [2.45, 2.75) is 31.4 Å².